The molecule has 106 heavy (non-hydrogen) atoms. The Kier molecular flexibility index (Phi) is 74.3. The normalized spacial score (nSPS) is 14.2. The van der Waals surface area contributed by atoms with Crippen molar-refractivity contribution < 1.29 is 80.2 Å². The second-order valence-electron chi connectivity index (χ2n) is 33.0. The summed E-state index contributed by atoms with van der Waals surface area (Å²) in [6.07, 6.45) is 65.4. The van der Waals surface area contributed by atoms with Crippen LogP contribution in [0.4, 0.5) is 0 Å². The third-order valence-electron chi connectivity index (χ3n) is 20.7. The Morgan fingerprint density at radius 1 is 0.264 bits per heavy atom. The molecule has 0 aliphatic rings. The van der Waals surface area contributed by atoms with Crippen molar-refractivity contribution in [3.05, 3.63) is 0 Å². The van der Waals surface area contributed by atoms with Crippen molar-refractivity contribution in [2.24, 2.45) is 23.7 Å². The molecule has 0 rings (SSSR count). The van der Waals surface area contributed by atoms with E-state index >= 15 is 0 Å². The lowest BCUT2D eigenvalue weighted by molar-refractivity contribution is -0.161. The summed E-state index contributed by atoms with van der Waals surface area (Å²) in [5.41, 5.74) is 0. The molecule has 0 aromatic rings. The number of esters is 4. The molecule has 19 heteroatoms. The first-order valence-corrected chi connectivity index (χ1v) is 47.7. The highest BCUT2D eigenvalue weighted by Gasteiger charge is 2.31. The zero-order chi connectivity index (χ0) is 78.1. The first kappa shape index (κ1) is 104. The van der Waals surface area contributed by atoms with E-state index in [-0.39, 0.29) is 25.7 Å². The molecule has 3 N–H and O–H groups in total. The number of ether oxygens (including phenoxy) is 4. The molecule has 630 valence electrons. The van der Waals surface area contributed by atoms with Gasteiger partial charge in [0.15, 0.2) is 12.2 Å². The van der Waals surface area contributed by atoms with E-state index in [1.165, 1.54) is 250 Å². The van der Waals surface area contributed by atoms with Gasteiger partial charge in [-0.25, -0.2) is 9.13 Å². The summed E-state index contributed by atoms with van der Waals surface area (Å²) in [4.78, 5) is 73.2. The van der Waals surface area contributed by atoms with Gasteiger partial charge >= 0.3 is 39.5 Å². The van der Waals surface area contributed by atoms with Crippen LogP contribution in [-0.4, -0.2) is 96.7 Å². The quantitative estimate of drug-likeness (QED) is 0.0222. The number of rotatable bonds is 84. The lowest BCUT2D eigenvalue weighted by atomic mass is 9.99. The van der Waals surface area contributed by atoms with E-state index in [9.17, 15) is 43.2 Å². The standard InChI is InChI=1S/C87H170O17P2/c1-9-80(8)66-58-50-41-35-29-23-16-12-10-11-13-17-25-31-37-43-53-61-70-87(92)104-83(74-98-85(90)68-60-52-46-45-49-57-65-79(6)7)76-102-106(95,96)100-72-81(88)71-99-105(93,94)101-75-82(103-86(91)69-62-54-44-38-32-26-20-19-22-28-34-40-48-56-64-78(4)5)73-97-84(89)67-59-51-42-36-30-24-18-14-15-21-27-33-39-47-55-63-77(2)3/h77-83,88H,9-76H2,1-8H3,(H,93,94)(H,95,96)/t80?,81-,82-,83-/m1/s1. The average molecular weight is 1550 g/mol. The fraction of sp³-hybridized carbons (Fsp3) is 0.954. The lowest BCUT2D eigenvalue weighted by Gasteiger charge is -2.21. The summed E-state index contributed by atoms with van der Waals surface area (Å²) < 4.78 is 68.9. The molecule has 0 radical (unpaired) electrons. The number of phosphoric acid groups is 2. The van der Waals surface area contributed by atoms with Gasteiger partial charge in [-0.3, -0.25) is 37.3 Å². The van der Waals surface area contributed by atoms with Crippen LogP contribution in [0.15, 0.2) is 0 Å². The Labute approximate surface area is 651 Å². The fourth-order valence-electron chi connectivity index (χ4n) is 13.5. The van der Waals surface area contributed by atoms with Gasteiger partial charge < -0.3 is 33.8 Å². The predicted octanol–water partition coefficient (Wildman–Crippen LogP) is 26.3. The predicted molar refractivity (Wildman–Crippen MR) is 437 cm³/mol. The fourth-order valence-corrected chi connectivity index (χ4v) is 15.0. The number of carbonyl (C=O) groups is 4. The van der Waals surface area contributed by atoms with Crippen LogP contribution < -0.4 is 0 Å². The summed E-state index contributed by atoms with van der Waals surface area (Å²) in [5.74, 6) is 1.04. The van der Waals surface area contributed by atoms with Gasteiger partial charge in [0.1, 0.15) is 19.3 Å². The monoisotopic (exact) mass is 1550 g/mol. The van der Waals surface area contributed by atoms with Gasteiger partial charge in [0.25, 0.3) is 0 Å². The van der Waals surface area contributed by atoms with E-state index in [0.717, 1.165) is 114 Å². The van der Waals surface area contributed by atoms with Crippen molar-refractivity contribution in [2.45, 2.75) is 472 Å². The summed E-state index contributed by atoms with van der Waals surface area (Å²) in [7, 11) is -9.93. The summed E-state index contributed by atoms with van der Waals surface area (Å²) in [5, 5.41) is 10.7. The maximum atomic E-state index is 13.1. The third kappa shape index (κ3) is 78.7. The van der Waals surface area contributed by atoms with Gasteiger partial charge in [0, 0.05) is 25.7 Å². The minimum absolute atomic E-state index is 0.107. The summed E-state index contributed by atoms with van der Waals surface area (Å²) >= 11 is 0. The van der Waals surface area contributed by atoms with Crippen LogP contribution in [0, 0.1) is 23.7 Å². The number of phosphoric ester groups is 2. The molecule has 0 saturated carbocycles. The zero-order valence-corrected chi connectivity index (χ0v) is 71.9. The SMILES string of the molecule is CCC(C)CCCCCCCCCCCCCCCCCCCCC(=O)O[C@H](COC(=O)CCCCCCCCC(C)C)COP(=O)(O)OC[C@H](O)COP(=O)(O)OC[C@@H](COC(=O)CCCCCCCCCCCCCCCCCC(C)C)OC(=O)CCCCCCCCCCCCCCCCC(C)C. The van der Waals surface area contributed by atoms with Crippen molar-refractivity contribution in [2.75, 3.05) is 39.6 Å². The molecule has 0 amide bonds. The maximum absolute atomic E-state index is 13.1. The van der Waals surface area contributed by atoms with Crippen molar-refractivity contribution >= 4 is 39.5 Å². The Morgan fingerprint density at radius 2 is 0.453 bits per heavy atom. The minimum atomic E-state index is -4.97. The van der Waals surface area contributed by atoms with E-state index in [0.29, 0.717) is 31.6 Å². The molecule has 0 saturated heterocycles. The van der Waals surface area contributed by atoms with Crippen LogP contribution in [0.25, 0.3) is 0 Å². The van der Waals surface area contributed by atoms with E-state index < -0.39 is 97.5 Å². The van der Waals surface area contributed by atoms with Crippen molar-refractivity contribution in [1.82, 2.24) is 0 Å². The molecule has 0 fully saturated rings. The van der Waals surface area contributed by atoms with Gasteiger partial charge in [-0.05, 0) is 49.4 Å². The molecule has 0 bridgehead atoms. The van der Waals surface area contributed by atoms with Crippen LogP contribution >= 0.6 is 15.6 Å². The molecular formula is C87H170O17P2. The average Bonchev–Trinajstić information content (AvgIpc) is 0.900. The molecule has 0 aliphatic heterocycles. The van der Waals surface area contributed by atoms with Crippen molar-refractivity contribution in [3.63, 3.8) is 0 Å². The van der Waals surface area contributed by atoms with E-state index in [1.807, 2.05) is 0 Å². The number of aliphatic hydroxyl groups is 1. The zero-order valence-electron chi connectivity index (χ0n) is 70.1. The van der Waals surface area contributed by atoms with Crippen LogP contribution in [-0.2, 0) is 65.4 Å². The van der Waals surface area contributed by atoms with Crippen molar-refractivity contribution in [1.29, 1.82) is 0 Å². The van der Waals surface area contributed by atoms with E-state index in [4.69, 9.17) is 37.0 Å². The highest BCUT2D eigenvalue weighted by Crippen LogP contribution is 2.45. The Morgan fingerprint density at radius 3 is 0.670 bits per heavy atom. The summed E-state index contributed by atoms with van der Waals surface area (Å²) in [6, 6.07) is 0. The van der Waals surface area contributed by atoms with Crippen molar-refractivity contribution in [3.8, 4) is 0 Å². The molecule has 17 nitrogen and oxygen atoms in total. The Hall–Kier alpha value is -1.94. The van der Waals surface area contributed by atoms with Gasteiger partial charge in [0.2, 0.25) is 0 Å². The first-order chi connectivity index (χ1) is 51.1. The van der Waals surface area contributed by atoms with Crippen LogP contribution in [0.2, 0.25) is 0 Å². The molecular weight excluding hydrogens is 1380 g/mol. The smallest absolute Gasteiger partial charge is 0.462 e. The first-order valence-electron chi connectivity index (χ1n) is 44.7. The van der Waals surface area contributed by atoms with Gasteiger partial charge in [-0.2, -0.15) is 0 Å². The Balaban J connectivity index is 5.19. The topological polar surface area (TPSA) is 237 Å². The Bertz CT molecular complexity index is 2060. The molecule has 6 atom stereocenters. The van der Waals surface area contributed by atoms with Crippen LogP contribution in [0.1, 0.15) is 453 Å². The van der Waals surface area contributed by atoms with Gasteiger partial charge in [-0.15, -0.1) is 0 Å². The molecule has 0 aromatic carbocycles. The third-order valence-corrected chi connectivity index (χ3v) is 22.6. The number of carbonyl (C=O) groups excluding carboxylic acids is 4. The second-order valence-corrected chi connectivity index (χ2v) is 35.9. The van der Waals surface area contributed by atoms with E-state index in [1.54, 1.807) is 0 Å². The van der Waals surface area contributed by atoms with Crippen LogP contribution in [0.5, 0.6) is 0 Å². The molecule has 0 aliphatic carbocycles. The number of hydrogen-bond donors (Lipinski definition) is 3. The molecule has 0 heterocycles. The van der Waals surface area contributed by atoms with Crippen LogP contribution in [0.3, 0.4) is 0 Å². The minimum Gasteiger partial charge on any atom is -0.462 e. The summed E-state index contributed by atoms with van der Waals surface area (Å²) in [6.45, 7) is 14.3. The number of aliphatic hydroxyl groups excluding tert-OH is 1. The van der Waals surface area contributed by atoms with E-state index in [2.05, 4.69) is 55.4 Å². The molecule has 0 spiro atoms. The largest absolute Gasteiger partial charge is 0.472 e. The number of hydrogen-bond acceptors (Lipinski definition) is 15. The highest BCUT2D eigenvalue weighted by molar-refractivity contribution is 7.47. The maximum Gasteiger partial charge on any atom is 0.472 e. The highest BCUT2D eigenvalue weighted by atomic mass is 31.2. The van der Waals surface area contributed by atoms with Gasteiger partial charge in [-0.1, -0.05) is 402 Å². The lowest BCUT2D eigenvalue weighted by Crippen LogP contribution is -2.30. The number of unbranched alkanes of at least 4 members (excludes halogenated alkanes) is 49. The molecule has 0 aromatic heterocycles. The van der Waals surface area contributed by atoms with Gasteiger partial charge in [0.05, 0.1) is 26.4 Å². The second kappa shape index (κ2) is 75.7. The molecule has 3 unspecified atom stereocenters.